The SMILES string of the molecule is Cc1cc(Cl)ncc1[C@@H]1CCCCN1Cc1ccccc1. The Morgan fingerprint density at radius 2 is 2.05 bits per heavy atom. The molecule has 0 aliphatic carbocycles. The van der Waals surface area contributed by atoms with Crippen LogP contribution in [0.25, 0.3) is 0 Å². The third-order valence-corrected chi connectivity index (χ3v) is 4.53. The van der Waals surface area contributed by atoms with Crippen LogP contribution in [-0.2, 0) is 6.54 Å². The van der Waals surface area contributed by atoms with Crippen molar-refractivity contribution < 1.29 is 0 Å². The van der Waals surface area contributed by atoms with Crippen LogP contribution in [0, 0.1) is 6.92 Å². The van der Waals surface area contributed by atoms with Crippen LogP contribution in [0.15, 0.2) is 42.6 Å². The minimum atomic E-state index is 0.462. The predicted octanol–water partition coefficient (Wildman–Crippen LogP) is 4.77. The van der Waals surface area contributed by atoms with Crippen molar-refractivity contribution in [3.05, 3.63) is 64.4 Å². The second-order valence-corrected chi connectivity index (χ2v) is 6.22. The maximum atomic E-state index is 6.00. The molecule has 1 saturated heterocycles. The number of halogens is 1. The molecule has 2 nitrogen and oxygen atoms in total. The van der Waals surface area contributed by atoms with Crippen LogP contribution in [0.1, 0.15) is 42.0 Å². The van der Waals surface area contributed by atoms with Crippen LogP contribution in [0.4, 0.5) is 0 Å². The summed E-state index contributed by atoms with van der Waals surface area (Å²) in [4.78, 5) is 6.88. The zero-order valence-corrected chi connectivity index (χ0v) is 13.2. The number of aromatic nitrogens is 1. The molecular weight excluding hydrogens is 280 g/mol. The van der Waals surface area contributed by atoms with Crippen molar-refractivity contribution in [2.75, 3.05) is 6.54 Å². The lowest BCUT2D eigenvalue weighted by Gasteiger charge is -2.36. The van der Waals surface area contributed by atoms with Crippen molar-refractivity contribution in [3.8, 4) is 0 Å². The lowest BCUT2D eigenvalue weighted by molar-refractivity contribution is 0.139. The van der Waals surface area contributed by atoms with Crippen LogP contribution < -0.4 is 0 Å². The quantitative estimate of drug-likeness (QED) is 0.759. The summed E-state index contributed by atoms with van der Waals surface area (Å²) in [6.07, 6.45) is 5.74. The van der Waals surface area contributed by atoms with E-state index in [2.05, 4.69) is 47.1 Å². The van der Waals surface area contributed by atoms with Crippen molar-refractivity contribution in [2.45, 2.75) is 38.8 Å². The summed E-state index contributed by atoms with van der Waals surface area (Å²) in [6, 6.07) is 13.2. The monoisotopic (exact) mass is 300 g/mol. The van der Waals surface area contributed by atoms with Gasteiger partial charge in [-0.05, 0) is 49.1 Å². The fraction of sp³-hybridized carbons (Fsp3) is 0.389. The van der Waals surface area contributed by atoms with Crippen molar-refractivity contribution in [3.63, 3.8) is 0 Å². The normalized spacial score (nSPS) is 19.6. The number of pyridine rings is 1. The van der Waals surface area contributed by atoms with Crippen LogP contribution >= 0.6 is 11.6 Å². The van der Waals surface area contributed by atoms with Gasteiger partial charge in [-0.15, -0.1) is 0 Å². The lowest BCUT2D eigenvalue weighted by atomic mass is 9.93. The molecule has 0 amide bonds. The molecule has 110 valence electrons. The highest BCUT2D eigenvalue weighted by Crippen LogP contribution is 2.33. The van der Waals surface area contributed by atoms with Crippen molar-refractivity contribution >= 4 is 11.6 Å². The van der Waals surface area contributed by atoms with Crippen molar-refractivity contribution in [1.82, 2.24) is 9.88 Å². The smallest absolute Gasteiger partial charge is 0.129 e. The van der Waals surface area contributed by atoms with E-state index in [1.807, 2.05) is 12.3 Å². The molecule has 0 saturated carbocycles. The van der Waals surface area contributed by atoms with Crippen molar-refractivity contribution in [2.24, 2.45) is 0 Å². The summed E-state index contributed by atoms with van der Waals surface area (Å²) >= 11 is 6.00. The average Bonchev–Trinajstić information content (AvgIpc) is 2.49. The minimum Gasteiger partial charge on any atom is -0.292 e. The standard InChI is InChI=1S/C18H21ClN2/c1-14-11-18(19)20-12-16(14)17-9-5-6-10-21(17)13-15-7-3-2-4-8-15/h2-4,7-8,11-12,17H,5-6,9-10,13H2,1H3/t17-/m0/s1. The van der Waals surface area contributed by atoms with Gasteiger partial charge in [0, 0.05) is 18.8 Å². The second-order valence-electron chi connectivity index (χ2n) is 5.83. The topological polar surface area (TPSA) is 16.1 Å². The van der Waals surface area contributed by atoms with Gasteiger partial charge in [0.15, 0.2) is 0 Å². The molecule has 0 unspecified atom stereocenters. The highest BCUT2D eigenvalue weighted by atomic mass is 35.5. The summed E-state index contributed by atoms with van der Waals surface area (Å²) < 4.78 is 0. The highest BCUT2D eigenvalue weighted by Gasteiger charge is 2.25. The van der Waals surface area contributed by atoms with E-state index in [4.69, 9.17) is 11.6 Å². The third kappa shape index (κ3) is 3.45. The maximum absolute atomic E-state index is 6.00. The molecule has 21 heavy (non-hydrogen) atoms. The number of nitrogens with zero attached hydrogens (tertiary/aromatic N) is 2. The zero-order chi connectivity index (χ0) is 14.7. The van der Waals surface area contributed by atoms with Crippen LogP contribution in [0.2, 0.25) is 5.15 Å². The summed E-state index contributed by atoms with van der Waals surface area (Å²) in [5.74, 6) is 0. The Morgan fingerprint density at radius 3 is 2.81 bits per heavy atom. The zero-order valence-electron chi connectivity index (χ0n) is 12.4. The number of hydrogen-bond donors (Lipinski definition) is 0. The Morgan fingerprint density at radius 1 is 1.24 bits per heavy atom. The van der Waals surface area contributed by atoms with E-state index >= 15 is 0 Å². The Labute approximate surface area is 131 Å². The average molecular weight is 301 g/mol. The van der Waals surface area contributed by atoms with Gasteiger partial charge in [0.25, 0.3) is 0 Å². The van der Waals surface area contributed by atoms with Gasteiger partial charge < -0.3 is 0 Å². The van der Waals surface area contributed by atoms with E-state index in [9.17, 15) is 0 Å². The lowest BCUT2D eigenvalue weighted by Crippen LogP contribution is -2.33. The molecule has 1 aromatic heterocycles. The summed E-state index contributed by atoms with van der Waals surface area (Å²) in [7, 11) is 0. The van der Waals surface area contributed by atoms with E-state index in [1.165, 1.54) is 36.0 Å². The molecule has 2 heterocycles. The Kier molecular flexibility index (Phi) is 4.57. The summed E-state index contributed by atoms with van der Waals surface area (Å²) in [5.41, 5.74) is 3.96. The molecule has 3 heteroatoms. The van der Waals surface area contributed by atoms with Crippen LogP contribution in [0.3, 0.4) is 0 Å². The first-order valence-electron chi connectivity index (χ1n) is 7.64. The van der Waals surface area contributed by atoms with Gasteiger partial charge in [0.1, 0.15) is 5.15 Å². The largest absolute Gasteiger partial charge is 0.292 e. The van der Waals surface area contributed by atoms with E-state index in [-0.39, 0.29) is 0 Å². The van der Waals surface area contributed by atoms with E-state index < -0.39 is 0 Å². The van der Waals surface area contributed by atoms with E-state index in [0.29, 0.717) is 11.2 Å². The summed E-state index contributed by atoms with van der Waals surface area (Å²) in [5, 5.41) is 0.585. The molecule has 0 spiro atoms. The predicted molar refractivity (Wildman–Crippen MR) is 87.4 cm³/mol. The van der Waals surface area contributed by atoms with Gasteiger partial charge in [0.05, 0.1) is 0 Å². The van der Waals surface area contributed by atoms with Gasteiger partial charge in [-0.25, -0.2) is 4.98 Å². The molecule has 0 N–H and O–H groups in total. The minimum absolute atomic E-state index is 0.462. The van der Waals surface area contributed by atoms with Gasteiger partial charge in [-0.1, -0.05) is 48.4 Å². The Hall–Kier alpha value is -1.38. The molecule has 0 radical (unpaired) electrons. The molecule has 2 aromatic rings. The Balaban J connectivity index is 1.84. The molecule has 1 fully saturated rings. The highest BCUT2D eigenvalue weighted by molar-refractivity contribution is 6.29. The summed E-state index contributed by atoms with van der Waals surface area (Å²) in [6.45, 7) is 4.30. The van der Waals surface area contributed by atoms with Crippen molar-refractivity contribution in [1.29, 1.82) is 0 Å². The molecule has 3 rings (SSSR count). The molecule has 1 aromatic carbocycles. The number of likely N-dealkylation sites (tertiary alicyclic amines) is 1. The number of aryl methyl sites for hydroxylation is 1. The second kappa shape index (κ2) is 6.59. The molecule has 1 aliphatic heterocycles. The van der Waals surface area contributed by atoms with Gasteiger partial charge >= 0.3 is 0 Å². The Bertz CT molecular complexity index is 597. The van der Waals surface area contributed by atoms with Gasteiger partial charge in [-0.3, -0.25) is 4.90 Å². The molecule has 1 aliphatic rings. The number of benzene rings is 1. The first-order valence-corrected chi connectivity index (χ1v) is 8.02. The maximum Gasteiger partial charge on any atom is 0.129 e. The number of hydrogen-bond acceptors (Lipinski definition) is 2. The van der Waals surface area contributed by atoms with E-state index in [1.54, 1.807) is 0 Å². The van der Waals surface area contributed by atoms with Gasteiger partial charge in [-0.2, -0.15) is 0 Å². The molecule has 1 atom stereocenters. The first kappa shape index (κ1) is 14.6. The first-order chi connectivity index (χ1) is 10.2. The number of piperidine rings is 1. The molecule has 0 bridgehead atoms. The van der Waals surface area contributed by atoms with Crippen LogP contribution in [0.5, 0.6) is 0 Å². The van der Waals surface area contributed by atoms with Gasteiger partial charge in [0.2, 0.25) is 0 Å². The fourth-order valence-corrected chi connectivity index (χ4v) is 3.44. The fourth-order valence-electron chi connectivity index (χ4n) is 3.23. The molecular formula is C18H21ClN2. The third-order valence-electron chi connectivity index (χ3n) is 4.32. The van der Waals surface area contributed by atoms with E-state index in [0.717, 1.165) is 13.1 Å². The number of rotatable bonds is 3. The van der Waals surface area contributed by atoms with Crippen LogP contribution in [-0.4, -0.2) is 16.4 Å².